The van der Waals surface area contributed by atoms with Crippen molar-refractivity contribution in [3.63, 3.8) is 0 Å². The van der Waals surface area contributed by atoms with Crippen LogP contribution in [0.4, 0.5) is 15.9 Å². The Bertz CT molecular complexity index is 1130. The molecule has 0 amide bonds. The number of nitro groups is 1. The van der Waals surface area contributed by atoms with Gasteiger partial charge in [-0.15, -0.1) is 0 Å². The second kappa shape index (κ2) is 6.75. The summed E-state index contributed by atoms with van der Waals surface area (Å²) in [5.74, 6) is -0.221. The second-order valence-corrected chi connectivity index (χ2v) is 5.58. The van der Waals surface area contributed by atoms with Gasteiger partial charge in [-0.2, -0.15) is 0 Å². The Morgan fingerprint density at radius 2 is 2.04 bits per heavy atom. The summed E-state index contributed by atoms with van der Waals surface area (Å²) in [5, 5.41) is 14.2. The molecule has 0 spiro atoms. The summed E-state index contributed by atoms with van der Waals surface area (Å²) >= 11 is 0. The Morgan fingerprint density at radius 3 is 2.81 bits per heavy atom. The molecule has 0 bridgehead atoms. The molecule has 0 atom stereocenters. The van der Waals surface area contributed by atoms with Crippen LogP contribution < -0.4 is 5.32 Å². The summed E-state index contributed by atoms with van der Waals surface area (Å²) in [6, 6.07) is 8.19. The highest BCUT2D eigenvalue weighted by molar-refractivity contribution is 5.63. The van der Waals surface area contributed by atoms with E-state index >= 15 is 0 Å². The zero-order valence-corrected chi connectivity index (χ0v) is 13.8. The predicted molar refractivity (Wildman–Crippen MR) is 94.4 cm³/mol. The minimum absolute atomic E-state index is 0.0435. The smallest absolute Gasteiger partial charge is 0.329 e. The van der Waals surface area contributed by atoms with Crippen molar-refractivity contribution in [3.8, 4) is 11.5 Å². The van der Waals surface area contributed by atoms with Crippen LogP contribution in [-0.4, -0.2) is 29.3 Å². The van der Waals surface area contributed by atoms with Crippen molar-refractivity contribution < 1.29 is 9.31 Å². The predicted octanol–water partition coefficient (Wildman–Crippen LogP) is 2.85. The van der Waals surface area contributed by atoms with Crippen LogP contribution in [0.1, 0.15) is 5.69 Å². The van der Waals surface area contributed by atoms with Gasteiger partial charge >= 0.3 is 5.69 Å². The molecule has 0 radical (unpaired) electrons. The van der Waals surface area contributed by atoms with Gasteiger partial charge in [0.25, 0.3) is 0 Å². The molecule has 0 aliphatic carbocycles. The van der Waals surface area contributed by atoms with Gasteiger partial charge in [-0.1, -0.05) is 6.07 Å². The molecule has 0 unspecified atom stereocenters. The van der Waals surface area contributed by atoms with Crippen LogP contribution >= 0.6 is 0 Å². The van der Waals surface area contributed by atoms with Crippen molar-refractivity contribution in [1.29, 1.82) is 0 Å². The van der Waals surface area contributed by atoms with E-state index in [1.165, 1.54) is 28.9 Å². The van der Waals surface area contributed by atoms with Gasteiger partial charge in [0.05, 0.1) is 23.4 Å². The number of fused-ring (bicyclic) bond motifs is 1. The van der Waals surface area contributed by atoms with Crippen molar-refractivity contribution in [2.75, 3.05) is 5.32 Å². The lowest BCUT2D eigenvalue weighted by Crippen LogP contribution is -2.07. The molecule has 0 aliphatic rings. The van der Waals surface area contributed by atoms with Gasteiger partial charge in [0.1, 0.15) is 23.4 Å². The first-order chi connectivity index (χ1) is 13.1. The fourth-order valence-corrected chi connectivity index (χ4v) is 2.56. The molecule has 1 N–H and O–H groups in total. The highest BCUT2D eigenvalue weighted by atomic mass is 19.1. The summed E-state index contributed by atoms with van der Waals surface area (Å²) in [7, 11) is 0. The second-order valence-electron chi connectivity index (χ2n) is 5.58. The van der Waals surface area contributed by atoms with E-state index in [9.17, 15) is 14.5 Å². The van der Waals surface area contributed by atoms with Crippen LogP contribution in [-0.2, 0) is 6.54 Å². The number of aromatic nitrogens is 5. The molecule has 0 saturated heterocycles. The lowest BCUT2D eigenvalue weighted by molar-refractivity contribution is -0.384. The highest BCUT2D eigenvalue weighted by Crippen LogP contribution is 2.25. The van der Waals surface area contributed by atoms with Crippen LogP contribution in [0.25, 0.3) is 17.2 Å². The number of hydrogen-bond donors (Lipinski definition) is 1. The Balaban J connectivity index is 1.73. The van der Waals surface area contributed by atoms with Gasteiger partial charge in [0, 0.05) is 12.4 Å². The number of pyridine rings is 2. The summed E-state index contributed by atoms with van der Waals surface area (Å²) < 4.78 is 15.1. The molecular formula is C17H12FN7O2. The Labute approximate surface area is 151 Å². The fourth-order valence-electron chi connectivity index (χ4n) is 2.56. The van der Waals surface area contributed by atoms with E-state index in [0.29, 0.717) is 17.0 Å². The number of hydrogen-bond acceptors (Lipinski definition) is 7. The fraction of sp³-hybridized carbons (Fsp3) is 0.0588. The number of nitrogens with zero attached hydrogens (tertiary/aromatic N) is 6. The quantitative estimate of drug-likeness (QED) is 0.427. The number of nitrogens with one attached hydrogen (secondary N) is 1. The first kappa shape index (κ1) is 16.5. The number of imidazole rings is 1. The minimum Gasteiger partial charge on any atom is -0.359 e. The molecule has 0 aliphatic heterocycles. The third kappa shape index (κ3) is 3.27. The highest BCUT2D eigenvalue weighted by Gasteiger charge is 2.19. The Morgan fingerprint density at radius 1 is 1.15 bits per heavy atom. The summed E-state index contributed by atoms with van der Waals surface area (Å²) in [5.41, 5.74) is 1.36. The van der Waals surface area contributed by atoms with Gasteiger partial charge in [0.15, 0.2) is 5.82 Å². The van der Waals surface area contributed by atoms with E-state index in [0.717, 1.165) is 6.20 Å². The topological polar surface area (TPSA) is 111 Å². The largest absolute Gasteiger partial charge is 0.359 e. The van der Waals surface area contributed by atoms with Crippen molar-refractivity contribution in [1.82, 2.24) is 24.3 Å². The van der Waals surface area contributed by atoms with E-state index in [-0.39, 0.29) is 23.9 Å². The average Bonchev–Trinajstić information content (AvgIpc) is 3.10. The maximum absolute atomic E-state index is 13.6. The third-order valence-corrected chi connectivity index (χ3v) is 3.83. The zero-order valence-electron chi connectivity index (χ0n) is 13.8. The molecule has 4 aromatic heterocycles. The first-order valence-electron chi connectivity index (χ1n) is 7.90. The molecule has 4 rings (SSSR count). The van der Waals surface area contributed by atoms with E-state index in [1.54, 1.807) is 18.3 Å². The zero-order chi connectivity index (χ0) is 18.8. The van der Waals surface area contributed by atoms with Crippen LogP contribution in [0.15, 0.2) is 55.1 Å². The van der Waals surface area contributed by atoms with Crippen molar-refractivity contribution in [3.05, 3.63) is 76.7 Å². The van der Waals surface area contributed by atoms with Crippen LogP contribution in [0.5, 0.6) is 0 Å². The molecule has 0 saturated carbocycles. The van der Waals surface area contributed by atoms with Crippen molar-refractivity contribution >= 4 is 17.2 Å². The maximum Gasteiger partial charge on any atom is 0.329 e. The van der Waals surface area contributed by atoms with Crippen molar-refractivity contribution in [2.24, 2.45) is 0 Å². The molecule has 4 aromatic rings. The van der Waals surface area contributed by atoms with E-state index in [1.807, 2.05) is 6.07 Å². The molecule has 10 heteroatoms. The standard InChI is InChI=1S/C17H12FN7O2/c18-11-4-5-15-20-8-13(24(15)10-11)16-22-9-14(25(26)27)17(23-16)21-7-12-3-1-2-6-19-12/h1-6,8-10H,7H2,(H,21,22,23). The van der Waals surface area contributed by atoms with Gasteiger partial charge in [0.2, 0.25) is 5.82 Å². The normalized spacial score (nSPS) is 10.9. The van der Waals surface area contributed by atoms with Crippen molar-refractivity contribution in [2.45, 2.75) is 6.54 Å². The number of anilines is 1. The minimum atomic E-state index is -0.571. The molecule has 0 aromatic carbocycles. The number of halogens is 1. The first-order valence-corrected chi connectivity index (χ1v) is 7.90. The monoisotopic (exact) mass is 365 g/mol. The van der Waals surface area contributed by atoms with Crippen LogP contribution in [0.3, 0.4) is 0 Å². The SMILES string of the molecule is O=[N+]([O-])c1cnc(-c2cnc3ccc(F)cn23)nc1NCc1ccccn1. The summed E-state index contributed by atoms with van der Waals surface area (Å²) in [6.45, 7) is 0.250. The van der Waals surface area contributed by atoms with Gasteiger partial charge in [-0.25, -0.2) is 19.3 Å². The van der Waals surface area contributed by atoms with E-state index < -0.39 is 10.7 Å². The molecule has 27 heavy (non-hydrogen) atoms. The molecular weight excluding hydrogens is 353 g/mol. The third-order valence-electron chi connectivity index (χ3n) is 3.83. The summed E-state index contributed by atoms with van der Waals surface area (Å²) in [6.07, 6.45) is 5.48. The van der Waals surface area contributed by atoms with Crippen LogP contribution in [0.2, 0.25) is 0 Å². The van der Waals surface area contributed by atoms with Gasteiger partial charge in [-0.3, -0.25) is 19.5 Å². The average molecular weight is 365 g/mol. The lowest BCUT2D eigenvalue weighted by Gasteiger charge is -2.07. The number of rotatable bonds is 5. The van der Waals surface area contributed by atoms with Gasteiger partial charge < -0.3 is 5.32 Å². The van der Waals surface area contributed by atoms with E-state index in [4.69, 9.17) is 0 Å². The molecule has 9 nitrogen and oxygen atoms in total. The van der Waals surface area contributed by atoms with Crippen LogP contribution in [0, 0.1) is 15.9 Å². The maximum atomic E-state index is 13.6. The lowest BCUT2D eigenvalue weighted by atomic mass is 10.3. The Kier molecular flexibility index (Phi) is 4.13. The van der Waals surface area contributed by atoms with Gasteiger partial charge in [-0.05, 0) is 24.3 Å². The molecule has 0 fully saturated rings. The Hall–Kier alpha value is -3.95. The molecule has 134 valence electrons. The summed E-state index contributed by atoms with van der Waals surface area (Å²) in [4.78, 5) is 27.4. The van der Waals surface area contributed by atoms with E-state index in [2.05, 4.69) is 25.3 Å². The molecule has 4 heterocycles.